The number of phenols is 1. The molecule has 0 saturated carbocycles. The van der Waals surface area contributed by atoms with E-state index in [1.807, 2.05) is 0 Å². The van der Waals surface area contributed by atoms with Crippen molar-refractivity contribution in [3.63, 3.8) is 0 Å². The monoisotopic (exact) mass is 357 g/mol. The van der Waals surface area contributed by atoms with Crippen LogP contribution in [0, 0.1) is 10.1 Å². The van der Waals surface area contributed by atoms with Crippen LogP contribution in [0.1, 0.15) is 31.4 Å². The Bertz CT molecular complexity index is 518. The molecule has 1 fully saturated rings. The van der Waals surface area contributed by atoms with Gasteiger partial charge in [0.25, 0.3) is 0 Å². The minimum Gasteiger partial charge on any atom is -0.502 e. The summed E-state index contributed by atoms with van der Waals surface area (Å²) in [7, 11) is 0. The average molecular weight is 358 g/mol. The number of benzene rings is 1. The van der Waals surface area contributed by atoms with Crippen LogP contribution in [0.3, 0.4) is 0 Å². The van der Waals surface area contributed by atoms with Crippen molar-refractivity contribution in [2.75, 3.05) is 26.2 Å². The van der Waals surface area contributed by atoms with E-state index >= 15 is 0 Å². The summed E-state index contributed by atoms with van der Waals surface area (Å²) in [6.45, 7) is 5.64. The van der Waals surface area contributed by atoms with Crippen molar-refractivity contribution in [3.05, 3.63) is 32.3 Å². The number of aromatic hydroxyl groups is 1. The van der Waals surface area contributed by atoms with E-state index in [-0.39, 0.29) is 17.5 Å². The zero-order chi connectivity index (χ0) is 15.4. The molecule has 116 valence electrons. The minimum atomic E-state index is -0.537. The lowest BCUT2D eigenvalue weighted by Crippen LogP contribution is -2.45. The summed E-state index contributed by atoms with van der Waals surface area (Å²) in [4.78, 5) is 12.8. The van der Waals surface area contributed by atoms with Gasteiger partial charge in [0.05, 0.1) is 4.92 Å². The van der Waals surface area contributed by atoms with E-state index in [0.717, 1.165) is 39.0 Å². The van der Waals surface area contributed by atoms with Crippen molar-refractivity contribution in [1.29, 1.82) is 0 Å². The number of piperazine rings is 1. The molecule has 0 amide bonds. The van der Waals surface area contributed by atoms with Crippen molar-refractivity contribution in [2.45, 2.75) is 25.8 Å². The highest BCUT2D eigenvalue weighted by Gasteiger charge is 2.28. The zero-order valence-electron chi connectivity index (χ0n) is 12.0. The number of rotatable bonds is 5. The molecule has 0 spiro atoms. The first-order valence-electron chi connectivity index (χ1n) is 7.16. The van der Waals surface area contributed by atoms with Crippen molar-refractivity contribution < 1.29 is 10.0 Å². The Morgan fingerprint density at radius 1 is 1.48 bits per heavy atom. The van der Waals surface area contributed by atoms with Crippen LogP contribution in [-0.2, 0) is 0 Å². The average Bonchev–Trinajstić information content (AvgIpc) is 2.47. The highest BCUT2D eigenvalue weighted by molar-refractivity contribution is 9.10. The highest BCUT2D eigenvalue weighted by Crippen LogP contribution is 2.40. The number of phenolic OH excluding ortho intramolecular Hbond substituents is 1. The van der Waals surface area contributed by atoms with Crippen LogP contribution >= 0.6 is 15.9 Å². The number of nitro groups is 1. The Morgan fingerprint density at radius 3 is 2.71 bits per heavy atom. The molecule has 1 aromatic rings. The standard InChI is InChI=1S/C14H20BrN3O3/c1-2-3-12(17-6-4-16-5-7-17)11-8-10(15)9-13(14(11)19)18(20)21/h8-9,12,16,19H,2-7H2,1H3/t12-/m1/s1. The Hall–Kier alpha value is -1.18. The van der Waals surface area contributed by atoms with E-state index < -0.39 is 4.92 Å². The predicted octanol–water partition coefficient (Wildman–Crippen LogP) is 2.81. The number of nitrogens with zero attached hydrogens (tertiary/aromatic N) is 2. The maximum atomic E-state index is 11.1. The number of hydrogen-bond acceptors (Lipinski definition) is 5. The Balaban J connectivity index is 2.41. The Kier molecular flexibility index (Phi) is 5.55. The molecule has 21 heavy (non-hydrogen) atoms. The van der Waals surface area contributed by atoms with Crippen LogP contribution in [0.5, 0.6) is 5.75 Å². The SMILES string of the molecule is CCC[C@H](c1cc(Br)cc([N+](=O)[O-])c1O)N1CCNCC1. The summed E-state index contributed by atoms with van der Waals surface area (Å²) in [5.41, 5.74) is 0.399. The lowest BCUT2D eigenvalue weighted by molar-refractivity contribution is -0.386. The fraction of sp³-hybridized carbons (Fsp3) is 0.571. The lowest BCUT2D eigenvalue weighted by Gasteiger charge is -2.35. The van der Waals surface area contributed by atoms with Gasteiger partial charge >= 0.3 is 5.69 Å². The van der Waals surface area contributed by atoms with E-state index in [2.05, 4.69) is 33.1 Å². The van der Waals surface area contributed by atoms with Crippen molar-refractivity contribution >= 4 is 21.6 Å². The largest absolute Gasteiger partial charge is 0.502 e. The fourth-order valence-corrected chi connectivity index (χ4v) is 3.26. The van der Waals surface area contributed by atoms with Crippen molar-refractivity contribution in [2.24, 2.45) is 0 Å². The molecule has 1 aliphatic heterocycles. The third kappa shape index (κ3) is 3.72. The van der Waals surface area contributed by atoms with Gasteiger partial charge in [0.2, 0.25) is 0 Å². The first-order chi connectivity index (χ1) is 10.0. The third-order valence-electron chi connectivity index (χ3n) is 3.79. The smallest absolute Gasteiger partial charge is 0.312 e. The molecular formula is C14H20BrN3O3. The highest BCUT2D eigenvalue weighted by atomic mass is 79.9. The molecule has 0 aliphatic carbocycles. The van der Waals surface area contributed by atoms with Gasteiger partial charge in [-0.1, -0.05) is 29.3 Å². The van der Waals surface area contributed by atoms with Gasteiger partial charge in [-0.2, -0.15) is 0 Å². The number of nitrogens with one attached hydrogen (secondary N) is 1. The first kappa shape index (κ1) is 16.2. The van der Waals surface area contributed by atoms with E-state index in [4.69, 9.17) is 0 Å². The van der Waals surface area contributed by atoms with Crippen LogP contribution in [0.25, 0.3) is 0 Å². The molecule has 1 heterocycles. The van der Waals surface area contributed by atoms with Gasteiger partial charge in [-0.3, -0.25) is 15.0 Å². The molecule has 1 atom stereocenters. The predicted molar refractivity (Wildman–Crippen MR) is 84.6 cm³/mol. The van der Waals surface area contributed by atoms with Gasteiger partial charge < -0.3 is 10.4 Å². The van der Waals surface area contributed by atoms with Crippen LogP contribution in [0.2, 0.25) is 0 Å². The minimum absolute atomic E-state index is 0.00769. The van der Waals surface area contributed by atoms with Gasteiger partial charge in [-0.05, 0) is 12.5 Å². The van der Waals surface area contributed by atoms with Crippen LogP contribution in [0.4, 0.5) is 5.69 Å². The van der Waals surface area contributed by atoms with E-state index in [1.54, 1.807) is 6.07 Å². The molecule has 2 rings (SSSR count). The molecule has 7 heteroatoms. The second-order valence-corrected chi connectivity index (χ2v) is 6.13. The van der Waals surface area contributed by atoms with Gasteiger partial charge in [-0.15, -0.1) is 0 Å². The summed E-state index contributed by atoms with van der Waals surface area (Å²) in [6, 6.07) is 3.15. The molecule has 0 radical (unpaired) electrons. The molecule has 1 aromatic carbocycles. The molecular weight excluding hydrogens is 338 g/mol. The number of halogens is 1. The molecule has 6 nitrogen and oxygen atoms in total. The zero-order valence-corrected chi connectivity index (χ0v) is 13.6. The molecule has 0 aromatic heterocycles. The van der Waals surface area contributed by atoms with Gasteiger partial charge in [0.1, 0.15) is 0 Å². The van der Waals surface area contributed by atoms with Crippen molar-refractivity contribution in [3.8, 4) is 5.75 Å². The van der Waals surface area contributed by atoms with Crippen LogP contribution in [-0.4, -0.2) is 41.1 Å². The molecule has 1 saturated heterocycles. The fourth-order valence-electron chi connectivity index (χ4n) is 2.80. The molecule has 1 aliphatic rings. The summed E-state index contributed by atoms with van der Waals surface area (Å²) < 4.78 is 0.623. The van der Waals surface area contributed by atoms with E-state index in [0.29, 0.717) is 10.0 Å². The lowest BCUT2D eigenvalue weighted by atomic mass is 9.98. The normalized spacial score (nSPS) is 17.6. The third-order valence-corrected chi connectivity index (χ3v) is 4.25. The summed E-state index contributed by atoms with van der Waals surface area (Å²) in [6.07, 6.45) is 1.81. The van der Waals surface area contributed by atoms with Gasteiger partial charge in [0, 0.05) is 48.3 Å². The number of nitro benzene ring substituents is 1. The maximum Gasteiger partial charge on any atom is 0.312 e. The second-order valence-electron chi connectivity index (χ2n) is 5.21. The molecule has 0 unspecified atom stereocenters. The van der Waals surface area contributed by atoms with Crippen molar-refractivity contribution in [1.82, 2.24) is 10.2 Å². The summed E-state index contributed by atoms with van der Waals surface area (Å²) >= 11 is 3.31. The molecule has 0 bridgehead atoms. The Labute approximate surface area is 132 Å². The van der Waals surface area contributed by atoms with Crippen LogP contribution in [0.15, 0.2) is 16.6 Å². The first-order valence-corrected chi connectivity index (χ1v) is 7.95. The van der Waals surface area contributed by atoms with Gasteiger partial charge in [0.15, 0.2) is 5.75 Å². The quantitative estimate of drug-likeness (QED) is 0.625. The van der Waals surface area contributed by atoms with E-state index in [1.165, 1.54) is 6.07 Å². The maximum absolute atomic E-state index is 11.1. The molecule has 2 N–H and O–H groups in total. The second kappa shape index (κ2) is 7.20. The summed E-state index contributed by atoms with van der Waals surface area (Å²) in [5, 5.41) is 24.7. The van der Waals surface area contributed by atoms with E-state index in [9.17, 15) is 15.2 Å². The Morgan fingerprint density at radius 2 is 2.14 bits per heavy atom. The summed E-state index contributed by atoms with van der Waals surface area (Å²) in [5.74, 6) is -0.208. The number of hydrogen-bond donors (Lipinski definition) is 2. The topological polar surface area (TPSA) is 78.6 Å². The van der Waals surface area contributed by atoms with Crippen LogP contribution < -0.4 is 5.32 Å². The van der Waals surface area contributed by atoms with Gasteiger partial charge in [-0.25, -0.2) is 0 Å².